The minimum atomic E-state index is -0.493. The Balaban J connectivity index is 1.89. The maximum atomic E-state index is 11.9. The highest BCUT2D eigenvalue weighted by Crippen LogP contribution is 2.56. The molecular weight excluding hydrogens is 242 g/mol. The fourth-order valence-electron chi connectivity index (χ4n) is 3.80. The van der Waals surface area contributed by atoms with Gasteiger partial charge in [0.15, 0.2) is 0 Å². The van der Waals surface area contributed by atoms with Crippen LogP contribution in [0.15, 0.2) is 0 Å². The molecule has 0 bridgehead atoms. The van der Waals surface area contributed by atoms with Gasteiger partial charge in [-0.2, -0.15) is 0 Å². The lowest BCUT2D eigenvalue weighted by Gasteiger charge is -2.57. The molecule has 2 aliphatic carbocycles. The first-order valence-electron chi connectivity index (χ1n) is 7.40. The molecule has 0 aliphatic heterocycles. The highest BCUT2D eigenvalue weighted by molar-refractivity contribution is 5.69. The summed E-state index contributed by atoms with van der Waals surface area (Å²) < 4.78 is 5.29. The Morgan fingerprint density at radius 3 is 2.26 bits per heavy atom. The van der Waals surface area contributed by atoms with E-state index in [9.17, 15) is 9.90 Å². The number of aliphatic hydroxyl groups is 1. The van der Waals surface area contributed by atoms with Crippen LogP contribution in [-0.4, -0.2) is 28.9 Å². The average molecular weight is 269 g/mol. The highest BCUT2D eigenvalue weighted by atomic mass is 16.6. The predicted octanol–water partition coefficient (Wildman–Crippen LogP) is 2.99. The van der Waals surface area contributed by atoms with E-state index in [1.54, 1.807) is 0 Å². The molecule has 0 radical (unpaired) electrons. The average Bonchev–Trinajstić information content (AvgIpc) is 2.25. The van der Waals surface area contributed by atoms with Crippen molar-refractivity contribution in [2.24, 2.45) is 5.41 Å². The van der Waals surface area contributed by atoms with Gasteiger partial charge in [-0.25, -0.2) is 4.79 Å². The molecule has 2 fully saturated rings. The number of alkyl carbamates (subject to hydrolysis) is 1. The lowest BCUT2D eigenvalue weighted by atomic mass is 9.52. The van der Waals surface area contributed by atoms with Crippen molar-refractivity contribution in [2.45, 2.75) is 76.9 Å². The van der Waals surface area contributed by atoms with Gasteiger partial charge in [-0.15, -0.1) is 0 Å². The van der Waals surface area contributed by atoms with Gasteiger partial charge >= 0.3 is 6.09 Å². The Morgan fingerprint density at radius 2 is 1.79 bits per heavy atom. The molecule has 2 N–H and O–H groups in total. The zero-order valence-electron chi connectivity index (χ0n) is 12.4. The topological polar surface area (TPSA) is 58.6 Å². The molecule has 110 valence electrons. The number of hydrogen-bond donors (Lipinski definition) is 2. The molecule has 0 heterocycles. The highest BCUT2D eigenvalue weighted by Gasteiger charge is 2.55. The van der Waals surface area contributed by atoms with Gasteiger partial charge in [-0.1, -0.05) is 19.3 Å². The van der Waals surface area contributed by atoms with E-state index < -0.39 is 17.2 Å². The summed E-state index contributed by atoms with van der Waals surface area (Å²) in [6.07, 6.45) is 7.77. The molecule has 4 heteroatoms. The molecule has 1 amide bonds. The van der Waals surface area contributed by atoms with Gasteiger partial charge in [0.2, 0.25) is 0 Å². The van der Waals surface area contributed by atoms with Crippen molar-refractivity contribution < 1.29 is 14.6 Å². The summed E-state index contributed by atoms with van der Waals surface area (Å²) in [5.74, 6) is 0. The van der Waals surface area contributed by atoms with Crippen molar-refractivity contribution in [1.82, 2.24) is 5.32 Å². The van der Waals surface area contributed by atoms with Gasteiger partial charge in [-0.3, -0.25) is 0 Å². The number of hydrogen-bond acceptors (Lipinski definition) is 3. The van der Waals surface area contributed by atoms with E-state index in [2.05, 4.69) is 5.32 Å². The SMILES string of the molecule is CC(C)(C)OC(=O)NC1(CO)CC2(CCCCC2)C1. The summed E-state index contributed by atoms with van der Waals surface area (Å²) in [5, 5.41) is 12.5. The second-order valence-electron chi connectivity index (χ2n) is 7.48. The summed E-state index contributed by atoms with van der Waals surface area (Å²) >= 11 is 0. The number of amides is 1. The number of carbonyl (C=O) groups is 1. The minimum Gasteiger partial charge on any atom is -0.444 e. The van der Waals surface area contributed by atoms with Crippen LogP contribution in [0.1, 0.15) is 65.7 Å². The second kappa shape index (κ2) is 4.97. The lowest BCUT2D eigenvalue weighted by molar-refractivity contribution is -0.0598. The standard InChI is InChI=1S/C15H27NO3/c1-13(2,3)19-12(18)16-15(11-17)9-14(10-15)7-5-4-6-8-14/h17H,4-11H2,1-3H3,(H,16,18). The summed E-state index contributed by atoms with van der Waals surface area (Å²) in [6, 6.07) is 0. The molecule has 2 saturated carbocycles. The zero-order chi connectivity index (χ0) is 14.1. The Kier molecular flexibility index (Phi) is 3.83. The molecule has 2 rings (SSSR count). The van der Waals surface area contributed by atoms with Gasteiger partial charge < -0.3 is 15.2 Å². The molecule has 0 atom stereocenters. The van der Waals surface area contributed by atoms with Crippen molar-refractivity contribution in [1.29, 1.82) is 0 Å². The maximum absolute atomic E-state index is 11.9. The van der Waals surface area contributed by atoms with Gasteiger partial charge in [-0.05, 0) is 51.9 Å². The third kappa shape index (κ3) is 3.41. The third-order valence-corrected chi connectivity index (χ3v) is 4.41. The quantitative estimate of drug-likeness (QED) is 0.810. The molecule has 0 aromatic rings. The number of rotatable bonds is 2. The first-order chi connectivity index (χ1) is 8.78. The lowest BCUT2D eigenvalue weighted by Crippen LogP contribution is -2.65. The Bertz CT molecular complexity index is 332. The Labute approximate surface area is 115 Å². The second-order valence-corrected chi connectivity index (χ2v) is 7.48. The summed E-state index contributed by atoms with van der Waals surface area (Å²) in [5.41, 5.74) is -0.567. The first kappa shape index (κ1) is 14.6. The van der Waals surface area contributed by atoms with E-state index in [1.165, 1.54) is 32.1 Å². The van der Waals surface area contributed by atoms with E-state index in [0.717, 1.165) is 12.8 Å². The molecular formula is C15H27NO3. The fourth-order valence-corrected chi connectivity index (χ4v) is 3.80. The maximum Gasteiger partial charge on any atom is 0.408 e. The zero-order valence-corrected chi connectivity index (χ0v) is 12.4. The molecule has 0 aromatic heterocycles. The third-order valence-electron chi connectivity index (χ3n) is 4.41. The smallest absolute Gasteiger partial charge is 0.408 e. The number of ether oxygens (including phenoxy) is 1. The van der Waals surface area contributed by atoms with Crippen molar-refractivity contribution in [3.05, 3.63) is 0 Å². The fraction of sp³-hybridized carbons (Fsp3) is 0.933. The summed E-state index contributed by atoms with van der Waals surface area (Å²) in [4.78, 5) is 11.9. The van der Waals surface area contributed by atoms with Crippen LogP contribution in [0.25, 0.3) is 0 Å². The largest absolute Gasteiger partial charge is 0.444 e. The van der Waals surface area contributed by atoms with Crippen LogP contribution in [0.4, 0.5) is 4.79 Å². The van der Waals surface area contributed by atoms with Crippen LogP contribution in [0.2, 0.25) is 0 Å². The van der Waals surface area contributed by atoms with E-state index in [0.29, 0.717) is 5.41 Å². The van der Waals surface area contributed by atoms with Crippen LogP contribution < -0.4 is 5.32 Å². The normalized spacial score (nSPS) is 24.6. The van der Waals surface area contributed by atoms with E-state index in [1.807, 2.05) is 20.8 Å². The molecule has 0 aromatic carbocycles. The molecule has 2 aliphatic rings. The first-order valence-corrected chi connectivity index (χ1v) is 7.40. The van der Waals surface area contributed by atoms with Gasteiger partial charge in [0.25, 0.3) is 0 Å². The number of carbonyl (C=O) groups excluding carboxylic acids is 1. The van der Waals surface area contributed by atoms with Crippen molar-refractivity contribution >= 4 is 6.09 Å². The van der Waals surface area contributed by atoms with Crippen LogP contribution in [0.3, 0.4) is 0 Å². The summed E-state index contributed by atoms with van der Waals surface area (Å²) in [7, 11) is 0. The molecule has 19 heavy (non-hydrogen) atoms. The number of nitrogens with one attached hydrogen (secondary N) is 1. The molecule has 0 unspecified atom stereocenters. The Morgan fingerprint density at radius 1 is 1.21 bits per heavy atom. The molecule has 1 spiro atoms. The van der Waals surface area contributed by atoms with E-state index in [4.69, 9.17) is 4.74 Å². The van der Waals surface area contributed by atoms with Crippen molar-refractivity contribution in [3.63, 3.8) is 0 Å². The van der Waals surface area contributed by atoms with Crippen LogP contribution >= 0.6 is 0 Å². The molecule has 4 nitrogen and oxygen atoms in total. The Hall–Kier alpha value is -0.770. The van der Waals surface area contributed by atoms with Crippen molar-refractivity contribution in [3.8, 4) is 0 Å². The summed E-state index contributed by atoms with van der Waals surface area (Å²) in [6.45, 7) is 5.55. The van der Waals surface area contributed by atoms with E-state index in [-0.39, 0.29) is 6.61 Å². The van der Waals surface area contributed by atoms with Gasteiger partial charge in [0.05, 0.1) is 12.1 Å². The van der Waals surface area contributed by atoms with Crippen LogP contribution in [-0.2, 0) is 4.74 Å². The van der Waals surface area contributed by atoms with Crippen LogP contribution in [0, 0.1) is 5.41 Å². The minimum absolute atomic E-state index is 0.00793. The van der Waals surface area contributed by atoms with Gasteiger partial charge in [0.1, 0.15) is 5.60 Å². The van der Waals surface area contributed by atoms with Crippen LogP contribution in [0.5, 0.6) is 0 Å². The van der Waals surface area contributed by atoms with E-state index >= 15 is 0 Å². The van der Waals surface area contributed by atoms with Crippen molar-refractivity contribution in [2.75, 3.05) is 6.61 Å². The number of aliphatic hydroxyl groups excluding tert-OH is 1. The molecule has 0 saturated heterocycles. The monoisotopic (exact) mass is 269 g/mol. The predicted molar refractivity (Wildman–Crippen MR) is 73.9 cm³/mol. The van der Waals surface area contributed by atoms with Gasteiger partial charge in [0, 0.05) is 0 Å².